The monoisotopic (exact) mass is 526 g/mol. The molecule has 0 spiro atoms. The SMILES string of the molecule is CCCOc1ccc(/C(O)=C2/C(=O)C(=O)N(c3ccc(C(C)C)cc3)C2c2ccc(N(CC)CC)cc2)cc1. The van der Waals surface area contributed by atoms with E-state index in [4.69, 9.17) is 4.74 Å². The van der Waals surface area contributed by atoms with Gasteiger partial charge in [0.15, 0.2) is 0 Å². The van der Waals surface area contributed by atoms with Crippen LogP contribution in [-0.2, 0) is 9.59 Å². The van der Waals surface area contributed by atoms with Gasteiger partial charge >= 0.3 is 0 Å². The van der Waals surface area contributed by atoms with E-state index in [9.17, 15) is 14.7 Å². The Labute approximate surface area is 231 Å². The Morgan fingerprint density at radius 2 is 1.51 bits per heavy atom. The Morgan fingerprint density at radius 1 is 0.897 bits per heavy atom. The molecule has 0 aliphatic carbocycles. The maximum atomic E-state index is 13.5. The summed E-state index contributed by atoms with van der Waals surface area (Å²) in [6.07, 6.45) is 0.885. The number of hydrogen-bond acceptors (Lipinski definition) is 5. The van der Waals surface area contributed by atoms with Crippen LogP contribution in [0.3, 0.4) is 0 Å². The van der Waals surface area contributed by atoms with E-state index >= 15 is 0 Å². The fourth-order valence-corrected chi connectivity index (χ4v) is 4.97. The van der Waals surface area contributed by atoms with Gasteiger partial charge in [0.05, 0.1) is 18.2 Å². The molecule has 4 rings (SSSR count). The first-order valence-corrected chi connectivity index (χ1v) is 13.8. The highest BCUT2D eigenvalue weighted by Gasteiger charge is 2.47. The number of hydrogen-bond donors (Lipinski definition) is 1. The van der Waals surface area contributed by atoms with Crippen molar-refractivity contribution in [2.45, 2.75) is 53.0 Å². The highest BCUT2D eigenvalue weighted by atomic mass is 16.5. The zero-order chi connectivity index (χ0) is 28.1. The molecule has 1 unspecified atom stereocenters. The molecule has 1 heterocycles. The Morgan fingerprint density at radius 3 is 2.05 bits per heavy atom. The van der Waals surface area contributed by atoms with Crippen molar-refractivity contribution in [2.24, 2.45) is 0 Å². The first-order valence-electron chi connectivity index (χ1n) is 13.8. The third-order valence-corrected chi connectivity index (χ3v) is 7.22. The third-order valence-electron chi connectivity index (χ3n) is 7.22. The number of amides is 1. The number of aliphatic hydroxyl groups excluding tert-OH is 1. The highest BCUT2D eigenvalue weighted by molar-refractivity contribution is 6.51. The fraction of sp³-hybridized carbons (Fsp3) is 0.333. The summed E-state index contributed by atoms with van der Waals surface area (Å²) >= 11 is 0. The Hall–Kier alpha value is -4.06. The molecule has 0 bridgehead atoms. The standard InChI is InChI=1S/C33H38N2O4/c1-6-21-39-28-19-13-25(14-20-28)31(36)29-30(24-11-15-26(16-12-24)34(7-2)8-3)35(33(38)32(29)37)27-17-9-23(10-18-27)22(4)5/h9-20,22,30,36H,6-8,21H2,1-5H3/b31-29-. The molecule has 3 aromatic rings. The van der Waals surface area contributed by atoms with Gasteiger partial charge in [-0.25, -0.2) is 0 Å². The lowest BCUT2D eigenvalue weighted by Crippen LogP contribution is -2.29. The van der Waals surface area contributed by atoms with Gasteiger partial charge in [0.1, 0.15) is 11.5 Å². The van der Waals surface area contributed by atoms with Gasteiger partial charge in [-0.05, 0) is 85.8 Å². The lowest BCUT2D eigenvalue weighted by molar-refractivity contribution is -0.132. The minimum atomic E-state index is -0.767. The average molecular weight is 527 g/mol. The minimum absolute atomic E-state index is 0.0748. The summed E-state index contributed by atoms with van der Waals surface area (Å²) in [6, 6.07) is 21.8. The topological polar surface area (TPSA) is 70.1 Å². The Kier molecular flexibility index (Phi) is 8.75. The van der Waals surface area contributed by atoms with E-state index in [0.29, 0.717) is 29.5 Å². The van der Waals surface area contributed by atoms with Gasteiger partial charge < -0.3 is 14.7 Å². The van der Waals surface area contributed by atoms with Crippen LogP contribution in [0.4, 0.5) is 11.4 Å². The molecule has 1 fully saturated rings. The van der Waals surface area contributed by atoms with Gasteiger partial charge in [-0.3, -0.25) is 14.5 Å². The van der Waals surface area contributed by atoms with E-state index in [-0.39, 0.29) is 11.3 Å². The second-order valence-electron chi connectivity index (χ2n) is 10.1. The molecule has 1 aliphatic heterocycles. The van der Waals surface area contributed by atoms with Gasteiger partial charge in [-0.1, -0.05) is 45.0 Å². The van der Waals surface area contributed by atoms with Crippen LogP contribution in [0, 0.1) is 0 Å². The maximum Gasteiger partial charge on any atom is 0.300 e. The van der Waals surface area contributed by atoms with Crippen LogP contribution in [0.2, 0.25) is 0 Å². The number of carbonyl (C=O) groups is 2. The van der Waals surface area contributed by atoms with Gasteiger partial charge in [0.25, 0.3) is 11.7 Å². The molecule has 3 aromatic carbocycles. The molecule has 6 heteroatoms. The largest absolute Gasteiger partial charge is 0.507 e. The van der Waals surface area contributed by atoms with E-state index in [2.05, 4.69) is 32.6 Å². The van der Waals surface area contributed by atoms with Crippen molar-refractivity contribution in [3.63, 3.8) is 0 Å². The van der Waals surface area contributed by atoms with Gasteiger partial charge in [0.2, 0.25) is 0 Å². The fourth-order valence-electron chi connectivity index (χ4n) is 4.97. The van der Waals surface area contributed by atoms with E-state index in [1.54, 1.807) is 24.3 Å². The van der Waals surface area contributed by atoms with Gasteiger partial charge in [0, 0.05) is 30.0 Å². The van der Waals surface area contributed by atoms with Gasteiger partial charge in [-0.2, -0.15) is 0 Å². The molecule has 39 heavy (non-hydrogen) atoms. The number of nitrogens with zero attached hydrogens (tertiary/aromatic N) is 2. The summed E-state index contributed by atoms with van der Waals surface area (Å²) in [5.41, 5.74) is 4.09. The summed E-state index contributed by atoms with van der Waals surface area (Å²) in [6.45, 7) is 12.8. The second kappa shape index (κ2) is 12.2. The predicted octanol–water partition coefficient (Wildman–Crippen LogP) is 7.07. The summed E-state index contributed by atoms with van der Waals surface area (Å²) in [5, 5.41) is 11.4. The molecular formula is C33H38N2O4. The zero-order valence-electron chi connectivity index (χ0n) is 23.5. The van der Waals surface area contributed by atoms with E-state index in [1.165, 1.54) is 4.90 Å². The van der Waals surface area contributed by atoms with Gasteiger partial charge in [-0.15, -0.1) is 0 Å². The van der Waals surface area contributed by atoms with Crippen LogP contribution in [0.5, 0.6) is 5.75 Å². The second-order valence-corrected chi connectivity index (χ2v) is 10.1. The van der Waals surface area contributed by atoms with Crippen LogP contribution in [0.25, 0.3) is 5.76 Å². The predicted molar refractivity (Wildman–Crippen MR) is 158 cm³/mol. The van der Waals surface area contributed by atoms with Crippen LogP contribution >= 0.6 is 0 Å². The van der Waals surface area contributed by atoms with Crippen molar-refractivity contribution in [3.05, 3.63) is 95.1 Å². The van der Waals surface area contributed by atoms with E-state index in [0.717, 1.165) is 36.3 Å². The number of carbonyl (C=O) groups excluding carboxylic acids is 2. The van der Waals surface area contributed by atoms with Crippen LogP contribution in [0.15, 0.2) is 78.4 Å². The summed E-state index contributed by atoms with van der Waals surface area (Å²) in [7, 11) is 0. The molecule has 1 amide bonds. The van der Waals surface area contributed by atoms with Crippen LogP contribution in [0.1, 0.15) is 69.7 Å². The zero-order valence-corrected chi connectivity index (χ0v) is 23.5. The molecule has 6 nitrogen and oxygen atoms in total. The molecule has 0 radical (unpaired) electrons. The number of anilines is 2. The van der Waals surface area contributed by atoms with E-state index in [1.807, 2.05) is 55.5 Å². The lowest BCUT2D eigenvalue weighted by atomic mass is 9.94. The number of ketones is 1. The molecule has 1 N–H and O–H groups in total. The highest BCUT2D eigenvalue weighted by Crippen LogP contribution is 2.43. The third kappa shape index (κ3) is 5.70. The molecular weight excluding hydrogens is 488 g/mol. The Bertz CT molecular complexity index is 1320. The number of Topliss-reactive ketones (excluding diaryl/α,β-unsaturated/α-hetero) is 1. The van der Waals surface area contributed by atoms with Crippen molar-refractivity contribution in [3.8, 4) is 5.75 Å². The first kappa shape index (κ1) is 28.0. The summed E-state index contributed by atoms with van der Waals surface area (Å²) in [4.78, 5) is 30.7. The van der Waals surface area contributed by atoms with Crippen molar-refractivity contribution >= 4 is 28.8 Å². The van der Waals surface area contributed by atoms with Crippen molar-refractivity contribution in [2.75, 3.05) is 29.5 Å². The molecule has 1 aliphatic rings. The Balaban J connectivity index is 1.83. The minimum Gasteiger partial charge on any atom is -0.507 e. The average Bonchev–Trinajstić information content (AvgIpc) is 3.22. The number of aliphatic hydroxyl groups is 1. The smallest absolute Gasteiger partial charge is 0.300 e. The van der Waals surface area contributed by atoms with E-state index < -0.39 is 17.7 Å². The van der Waals surface area contributed by atoms with Crippen molar-refractivity contribution < 1.29 is 19.4 Å². The number of rotatable bonds is 10. The first-order chi connectivity index (χ1) is 18.8. The normalized spacial score (nSPS) is 16.7. The molecule has 0 saturated carbocycles. The molecule has 204 valence electrons. The molecule has 1 atom stereocenters. The number of ether oxygens (including phenoxy) is 1. The molecule has 1 saturated heterocycles. The lowest BCUT2D eigenvalue weighted by Gasteiger charge is -2.27. The van der Waals surface area contributed by atoms with Crippen molar-refractivity contribution in [1.82, 2.24) is 0 Å². The van der Waals surface area contributed by atoms with Crippen LogP contribution < -0.4 is 14.5 Å². The number of benzene rings is 3. The summed E-state index contributed by atoms with van der Waals surface area (Å²) < 4.78 is 5.66. The van der Waals surface area contributed by atoms with Crippen molar-refractivity contribution in [1.29, 1.82) is 0 Å². The summed E-state index contributed by atoms with van der Waals surface area (Å²) in [5.74, 6) is -0.543. The maximum absolute atomic E-state index is 13.5. The quantitative estimate of drug-likeness (QED) is 0.174. The molecule has 0 aromatic heterocycles. The van der Waals surface area contributed by atoms with Crippen LogP contribution in [-0.4, -0.2) is 36.5 Å².